The number of primary amides is 1. The summed E-state index contributed by atoms with van der Waals surface area (Å²) in [5, 5.41) is 14.9. The lowest BCUT2D eigenvalue weighted by Gasteiger charge is -2.48. The molecular weight excluding hydrogens is 352 g/mol. The number of benzene rings is 1. The van der Waals surface area contributed by atoms with Gasteiger partial charge in [-0.25, -0.2) is 4.79 Å². The first kappa shape index (κ1) is 22.7. The van der Waals surface area contributed by atoms with Crippen LogP contribution in [0.4, 0.5) is 4.79 Å². The van der Waals surface area contributed by atoms with Gasteiger partial charge in [-0.15, -0.1) is 0 Å². The Morgan fingerprint density at radius 2 is 1.93 bits per heavy atom. The van der Waals surface area contributed by atoms with Crippen LogP contribution in [0.15, 0.2) is 30.3 Å². The Morgan fingerprint density at radius 3 is 2.46 bits per heavy atom. The third-order valence-electron chi connectivity index (χ3n) is 6.46. The van der Waals surface area contributed by atoms with E-state index in [-0.39, 0.29) is 5.41 Å². The maximum Gasteiger partial charge on any atom is 0.405 e. The summed E-state index contributed by atoms with van der Waals surface area (Å²) in [6, 6.07) is 10.1. The van der Waals surface area contributed by atoms with Crippen LogP contribution in [0.25, 0.3) is 0 Å². The second kappa shape index (κ2) is 8.83. The minimum absolute atomic E-state index is 0.187. The highest BCUT2D eigenvalue weighted by atomic mass is 16.6. The quantitative estimate of drug-likeness (QED) is 0.656. The van der Waals surface area contributed by atoms with E-state index in [0.29, 0.717) is 19.0 Å². The molecule has 0 spiro atoms. The summed E-state index contributed by atoms with van der Waals surface area (Å²) in [6.45, 7) is 10.8. The molecule has 0 saturated heterocycles. The van der Waals surface area contributed by atoms with Gasteiger partial charge in [-0.05, 0) is 23.8 Å². The van der Waals surface area contributed by atoms with E-state index in [1.54, 1.807) is 0 Å². The van der Waals surface area contributed by atoms with E-state index in [0.717, 1.165) is 12.0 Å². The van der Waals surface area contributed by atoms with Gasteiger partial charge in [0.25, 0.3) is 0 Å². The number of nitrogens with one attached hydrogen (secondary N) is 1. The number of hydrogen-bond donors (Lipinski definition) is 3. The first-order valence-corrected chi connectivity index (χ1v) is 10.4. The average Bonchev–Trinajstić information content (AvgIpc) is 2.59. The van der Waals surface area contributed by atoms with Gasteiger partial charge in [0, 0.05) is 24.4 Å². The Kier molecular flexibility index (Phi) is 7.16. The molecule has 0 aliphatic heterocycles. The highest BCUT2D eigenvalue weighted by Gasteiger charge is 2.51. The van der Waals surface area contributed by atoms with Crippen LogP contribution in [-0.2, 0) is 11.2 Å². The fourth-order valence-corrected chi connectivity index (χ4v) is 4.51. The molecule has 1 aromatic rings. The molecule has 1 fully saturated rings. The highest BCUT2D eigenvalue weighted by Crippen LogP contribution is 2.41. The third-order valence-corrected chi connectivity index (χ3v) is 6.46. The summed E-state index contributed by atoms with van der Waals surface area (Å²) in [5.41, 5.74) is 4.99. The number of carbonyl (C=O) groups excluding carboxylic acids is 1. The molecule has 1 saturated carbocycles. The van der Waals surface area contributed by atoms with Gasteiger partial charge in [0.15, 0.2) is 0 Å². The first-order valence-electron chi connectivity index (χ1n) is 10.4. The number of aliphatic hydroxyl groups is 1. The zero-order valence-corrected chi connectivity index (χ0v) is 18.1. The van der Waals surface area contributed by atoms with Crippen LogP contribution < -0.4 is 11.1 Å². The van der Waals surface area contributed by atoms with E-state index in [4.69, 9.17) is 10.5 Å². The van der Waals surface area contributed by atoms with Crippen molar-refractivity contribution in [2.45, 2.75) is 84.5 Å². The fourth-order valence-electron chi connectivity index (χ4n) is 4.51. The van der Waals surface area contributed by atoms with Crippen LogP contribution in [0.1, 0.15) is 65.9 Å². The van der Waals surface area contributed by atoms with Crippen molar-refractivity contribution < 1.29 is 14.6 Å². The number of aliphatic hydroxyl groups excluding tert-OH is 1. The van der Waals surface area contributed by atoms with Crippen molar-refractivity contribution in [1.82, 2.24) is 5.32 Å². The molecule has 3 atom stereocenters. The van der Waals surface area contributed by atoms with E-state index >= 15 is 0 Å². The molecule has 0 bridgehead atoms. The molecule has 5 nitrogen and oxygen atoms in total. The van der Waals surface area contributed by atoms with Gasteiger partial charge < -0.3 is 20.9 Å². The van der Waals surface area contributed by atoms with Crippen LogP contribution in [0.3, 0.4) is 0 Å². The maximum atomic E-state index is 11.8. The second-order valence-corrected chi connectivity index (χ2v) is 9.93. The van der Waals surface area contributed by atoms with E-state index in [1.165, 1.54) is 19.3 Å². The molecule has 28 heavy (non-hydrogen) atoms. The van der Waals surface area contributed by atoms with Crippen molar-refractivity contribution in [3.8, 4) is 0 Å². The Bertz CT molecular complexity index is 639. The van der Waals surface area contributed by atoms with Gasteiger partial charge in [0.05, 0.1) is 0 Å². The molecule has 0 radical (unpaired) electrons. The number of ether oxygens (including phenoxy) is 1. The molecule has 1 unspecified atom stereocenters. The molecule has 4 N–H and O–H groups in total. The number of amides is 1. The lowest BCUT2D eigenvalue weighted by molar-refractivity contribution is -0.141. The average molecular weight is 391 g/mol. The molecule has 1 aromatic carbocycles. The Labute approximate surface area is 170 Å². The zero-order chi connectivity index (χ0) is 21.0. The molecule has 5 heteroatoms. The lowest BCUT2D eigenvalue weighted by Crippen LogP contribution is -2.61. The molecule has 158 valence electrons. The van der Waals surface area contributed by atoms with Gasteiger partial charge in [0.2, 0.25) is 0 Å². The summed E-state index contributed by atoms with van der Waals surface area (Å²) in [6.07, 6.45) is 3.37. The Morgan fingerprint density at radius 1 is 1.29 bits per heavy atom. The van der Waals surface area contributed by atoms with Crippen molar-refractivity contribution in [2.24, 2.45) is 16.6 Å². The minimum Gasteiger partial charge on any atom is -0.439 e. The monoisotopic (exact) mass is 390 g/mol. The van der Waals surface area contributed by atoms with Crippen molar-refractivity contribution in [3.05, 3.63) is 35.9 Å². The van der Waals surface area contributed by atoms with Crippen molar-refractivity contribution in [1.29, 1.82) is 0 Å². The second-order valence-electron chi connectivity index (χ2n) is 9.93. The van der Waals surface area contributed by atoms with Crippen LogP contribution in [-0.4, -0.2) is 35.5 Å². The van der Waals surface area contributed by atoms with Crippen LogP contribution >= 0.6 is 0 Å². The largest absolute Gasteiger partial charge is 0.439 e. The number of rotatable bonds is 7. The number of hydrogen-bond acceptors (Lipinski definition) is 4. The molecule has 1 aliphatic rings. The van der Waals surface area contributed by atoms with Gasteiger partial charge in [-0.2, -0.15) is 0 Å². The topological polar surface area (TPSA) is 84.6 Å². The Hall–Kier alpha value is -1.59. The number of nitrogens with two attached hydrogens (primary N) is 1. The van der Waals surface area contributed by atoms with E-state index < -0.39 is 23.2 Å². The normalized spacial score (nSPS) is 22.9. The standard InChI is InChI=1S/C23H38N2O3/c1-21(2,3)23(28-20(24)27,15-17-11-7-6-8-12-17)19(26)16-25-18-13-9-10-14-22(18,4)5/h6-8,11-12,18-19,25-26H,9-10,13-16H2,1-5H3,(H2,24,27)/t18?,19-,23-/m1/s1. The van der Waals surface area contributed by atoms with Crippen molar-refractivity contribution in [2.75, 3.05) is 6.54 Å². The smallest absolute Gasteiger partial charge is 0.405 e. The molecule has 0 aromatic heterocycles. The van der Waals surface area contributed by atoms with E-state index in [9.17, 15) is 9.90 Å². The van der Waals surface area contributed by atoms with Crippen molar-refractivity contribution in [3.63, 3.8) is 0 Å². The van der Waals surface area contributed by atoms with E-state index in [2.05, 4.69) is 19.2 Å². The molecule has 1 aliphatic carbocycles. The summed E-state index contributed by atoms with van der Waals surface area (Å²) in [7, 11) is 0. The molecule has 2 rings (SSSR count). The maximum absolute atomic E-state index is 11.8. The molecule has 1 amide bonds. The summed E-state index contributed by atoms with van der Waals surface area (Å²) in [4.78, 5) is 11.8. The predicted molar refractivity (Wildman–Crippen MR) is 113 cm³/mol. The lowest BCUT2D eigenvalue weighted by atomic mass is 9.69. The summed E-state index contributed by atoms with van der Waals surface area (Å²) in [5.74, 6) is 0. The third kappa shape index (κ3) is 5.26. The summed E-state index contributed by atoms with van der Waals surface area (Å²) < 4.78 is 5.71. The van der Waals surface area contributed by atoms with Crippen molar-refractivity contribution >= 4 is 6.09 Å². The van der Waals surface area contributed by atoms with Gasteiger partial charge in [-0.1, -0.05) is 77.8 Å². The first-order chi connectivity index (χ1) is 13.0. The van der Waals surface area contributed by atoms with Crippen LogP contribution in [0.5, 0.6) is 0 Å². The number of carbonyl (C=O) groups is 1. The predicted octanol–water partition coefficient (Wildman–Crippen LogP) is 4.03. The van der Waals surface area contributed by atoms with Gasteiger partial charge >= 0.3 is 6.09 Å². The van der Waals surface area contributed by atoms with E-state index in [1.807, 2.05) is 51.1 Å². The van der Waals surface area contributed by atoms with Crippen LogP contribution in [0, 0.1) is 10.8 Å². The van der Waals surface area contributed by atoms with Crippen LogP contribution in [0.2, 0.25) is 0 Å². The van der Waals surface area contributed by atoms with Gasteiger partial charge in [0.1, 0.15) is 11.7 Å². The van der Waals surface area contributed by atoms with Gasteiger partial charge in [-0.3, -0.25) is 0 Å². The zero-order valence-electron chi connectivity index (χ0n) is 18.1. The Balaban J connectivity index is 2.27. The molecule has 0 heterocycles. The fraction of sp³-hybridized carbons (Fsp3) is 0.696. The highest BCUT2D eigenvalue weighted by molar-refractivity contribution is 5.65. The SMILES string of the molecule is CC1(C)CCCCC1NC[C@@H](O)[C@@](Cc1ccccc1)(OC(N)=O)C(C)(C)C. The summed E-state index contributed by atoms with van der Waals surface area (Å²) >= 11 is 0. The molecular formula is C23H38N2O3. The minimum atomic E-state index is -1.13.